The molecule has 0 bridgehead atoms. The summed E-state index contributed by atoms with van der Waals surface area (Å²) in [5.74, 6) is 0.811. The average Bonchev–Trinajstić information content (AvgIpc) is 2.82. The van der Waals surface area contributed by atoms with Gasteiger partial charge >= 0.3 is 0 Å². The van der Waals surface area contributed by atoms with Gasteiger partial charge in [-0.05, 0) is 32.0 Å². The van der Waals surface area contributed by atoms with E-state index in [1.165, 1.54) is 18.3 Å². The Hall–Kier alpha value is -1.94. The standard InChI is InChI=1S/C15H12O3S/c1-8(16)10-3-4-12-13(5-10)18-7-11-6-14(9(2)17)19-15(11)12/h3-6H,7H2,1-2H3. The summed E-state index contributed by atoms with van der Waals surface area (Å²) in [6.07, 6.45) is 0. The van der Waals surface area contributed by atoms with Crippen molar-refractivity contribution in [3.63, 3.8) is 0 Å². The molecule has 2 heterocycles. The second kappa shape index (κ2) is 4.31. The van der Waals surface area contributed by atoms with Crippen LogP contribution >= 0.6 is 11.3 Å². The van der Waals surface area contributed by atoms with Crippen molar-refractivity contribution in [2.75, 3.05) is 0 Å². The summed E-state index contributed by atoms with van der Waals surface area (Å²) in [4.78, 5) is 24.6. The number of Topliss-reactive ketones (excluding diaryl/α,β-unsaturated/α-hetero) is 2. The lowest BCUT2D eigenvalue weighted by Gasteiger charge is -2.17. The van der Waals surface area contributed by atoms with Crippen LogP contribution in [0, 0.1) is 0 Å². The van der Waals surface area contributed by atoms with Gasteiger partial charge in [0.25, 0.3) is 0 Å². The van der Waals surface area contributed by atoms with Crippen LogP contribution in [-0.2, 0) is 6.61 Å². The Labute approximate surface area is 114 Å². The lowest BCUT2D eigenvalue weighted by Crippen LogP contribution is -2.04. The fourth-order valence-electron chi connectivity index (χ4n) is 2.14. The second-order valence-corrected chi connectivity index (χ2v) is 5.63. The third-order valence-corrected chi connectivity index (χ3v) is 4.48. The monoisotopic (exact) mass is 272 g/mol. The van der Waals surface area contributed by atoms with Crippen molar-refractivity contribution in [2.45, 2.75) is 20.5 Å². The number of ether oxygens (including phenoxy) is 1. The fourth-order valence-corrected chi connectivity index (χ4v) is 3.23. The van der Waals surface area contributed by atoms with Crippen LogP contribution in [0.15, 0.2) is 24.3 Å². The zero-order chi connectivity index (χ0) is 13.6. The van der Waals surface area contributed by atoms with Gasteiger partial charge < -0.3 is 4.74 Å². The van der Waals surface area contributed by atoms with Crippen molar-refractivity contribution in [3.05, 3.63) is 40.3 Å². The number of benzene rings is 1. The van der Waals surface area contributed by atoms with E-state index in [1.54, 1.807) is 19.1 Å². The highest BCUT2D eigenvalue weighted by Crippen LogP contribution is 2.42. The molecule has 2 aromatic rings. The number of fused-ring (bicyclic) bond motifs is 3. The Balaban J connectivity index is 2.13. The summed E-state index contributed by atoms with van der Waals surface area (Å²) in [5.41, 5.74) is 2.65. The molecule has 19 heavy (non-hydrogen) atoms. The first-order valence-corrected chi connectivity index (χ1v) is 6.79. The van der Waals surface area contributed by atoms with Gasteiger partial charge in [-0.2, -0.15) is 0 Å². The minimum absolute atomic E-state index is 0.0211. The molecule has 1 aromatic carbocycles. The minimum atomic E-state index is 0.0211. The topological polar surface area (TPSA) is 43.4 Å². The molecular weight excluding hydrogens is 260 g/mol. The second-order valence-electron chi connectivity index (χ2n) is 4.58. The van der Waals surface area contributed by atoms with Crippen molar-refractivity contribution in [2.24, 2.45) is 0 Å². The minimum Gasteiger partial charge on any atom is -0.488 e. The quantitative estimate of drug-likeness (QED) is 0.783. The molecule has 0 amide bonds. The number of carbonyl (C=O) groups excluding carboxylic acids is 2. The summed E-state index contributed by atoms with van der Waals surface area (Å²) in [5, 5.41) is 0. The maximum absolute atomic E-state index is 11.4. The lowest BCUT2D eigenvalue weighted by molar-refractivity contribution is 0.101. The highest BCUT2D eigenvalue weighted by Gasteiger charge is 2.22. The Morgan fingerprint density at radius 2 is 1.95 bits per heavy atom. The molecule has 0 spiro atoms. The molecule has 1 aliphatic heterocycles. The molecule has 3 nitrogen and oxygen atoms in total. The number of rotatable bonds is 2. The lowest BCUT2D eigenvalue weighted by atomic mass is 10.0. The zero-order valence-electron chi connectivity index (χ0n) is 10.6. The third kappa shape index (κ3) is 1.98. The molecule has 0 aliphatic carbocycles. The van der Waals surface area contributed by atoms with Crippen LogP contribution in [0.5, 0.6) is 5.75 Å². The Bertz CT molecular complexity index is 697. The highest BCUT2D eigenvalue weighted by molar-refractivity contribution is 7.17. The van der Waals surface area contributed by atoms with Gasteiger partial charge in [0.15, 0.2) is 11.6 Å². The van der Waals surface area contributed by atoms with Gasteiger partial charge in [0.05, 0.1) is 4.88 Å². The molecule has 0 fully saturated rings. The van der Waals surface area contributed by atoms with Crippen LogP contribution in [-0.4, -0.2) is 11.6 Å². The molecule has 0 radical (unpaired) electrons. The van der Waals surface area contributed by atoms with E-state index in [2.05, 4.69) is 0 Å². The van der Waals surface area contributed by atoms with E-state index in [-0.39, 0.29) is 11.6 Å². The Morgan fingerprint density at radius 1 is 1.16 bits per heavy atom. The van der Waals surface area contributed by atoms with Crippen LogP contribution in [0.4, 0.5) is 0 Å². The summed E-state index contributed by atoms with van der Waals surface area (Å²) < 4.78 is 5.68. The van der Waals surface area contributed by atoms with Gasteiger partial charge in [0.2, 0.25) is 0 Å². The van der Waals surface area contributed by atoms with Crippen LogP contribution in [0.1, 0.15) is 39.4 Å². The largest absolute Gasteiger partial charge is 0.488 e. The molecule has 96 valence electrons. The number of hydrogen-bond donors (Lipinski definition) is 0. The van der Waals surface area contributed by atoms with E-state index in [4.69, 9.17) is 4.74 Å². The Kier molecular flexibility index (Phi) is 2.75. The van der Waals surface area contributed by atoms with Gasteiger partial charge in [-0.25, -0.2) is 0 Å². The van der Waals surface area contributed by atoms with E-state index in [0.29, 0.717) is 12.2 Å². The van der Waals surface area contributed by atoms with Gasteiger partial charge in [0.1, 0.15) is 12.4 Å². The number of ketones is 2. The van der Waals surface area contributed by atoms with Crippen LogP contribution in [0.25, 0.3) is 10.4 Å². The fraction of sp³-hybridized carbons (Fsp3) is 0.200. The van der Waals surface area contributed by atoms with E-state index in [0.717, 1.165) is 26.6 Å². The molecule has 4 heteroatoms. The molecular formula is C15H12O3S. The maximum Gasteiger partial charge on any atom is 0.169 e. The highest BCUT2D eigenvalue weighted by atomic mass is 32.1. The first-order valence-electron chi connectivity index (χ1n) is 5.98. The predicted molar refractivity (Wildman–Crippen MR) is 74.1 cm³/mol. The molecule has 0 atom stereocenters. The maximum atomic E-state index is 11.4. The Morgan fingerprint density at radius 3 is 2.63 bits per heavy atom. The summed E-state index contributed by atoms with van der Waals surface area (Å²) in [6.45, 7) is 3.56. The SMILES string of the molecule is CC(=O)c1ccc2c(c1)OCc1cc(C(C)=O)sc1-2. The smallest absolute Gasteiger partial charge is 0.169 e. The van der Waals surface area contributed by atoms with Gasteiger partial charge in [-0.1, -0.05) is 6.07 Å². The first kappa shape index (κ1) is 12.1. The van der Waals surface area contributed by atoms with Crippen molar-refractivity contribution in [1.29, 1.82) is 0 Å². The third-order valence-electron chi connectivity index (χ3n) is 3.17. The molecule has 0 unspecified atom stereocenters. The summed E-state index contributed by atoms with van der Waals surface area (Å²) >= 11 is 1.49. The van der Waals surface area contributed by atoms with Crippen molar-refractivity contribution >= 4 is 22.9 Å². The summed E-state index contributed by atoms with van der Waals surface area (Å²) in [7, 11) is 0. The normalized spacial score (nSPS) is 12.3. The van der Waals surface area contributed by atoms with Crippen molar-refractivity contribution < 1.29 is 14.3 Å². The molecule has 0 saturated carbocycles. The van der Waals surface area contributed by atoms with Gasteiger partial charge in [-0.15, -0.1) is 11.3 Å². The van der Waals surface area contributed by atoms with E-state index < -0.39 is 0 Å². The molecule has 1 aromatic heterocycles. The molecule has 3 rings (SSSR count). The van der Waals surface area contributed by atoms with Crippen molar-refractivity contribution in [1.82, 2.24) is 0 Å². The molecule has 0 saturated heterocycles. The zero-order valence-corrected chi connectivity index (χ0v) is 11.5. The van der Waals surface area contributed by atoms with Crippen LogP contribution in [0.2, 0.25) is 0 Å². The number of hydrogen-bond acceptors (Lipinski definition) is 4. The summed E-state index contributed by atoms with van der Waals surface area (Å²) in [6, 6.07) is 7.36. The molecule has 0 N–H and O–H groups in total. The van der Waals surface area contributed by atoms with Crippen LogP contribution in [0.3, 0.4) is 0 Å². The van der Waals surface area contributed by atoms with Crippen molar-refractivity contribution in [3.8, 4) is 16.2 Å². The average molecular weight is 272 g/mol. The molecule has 1 aliphatic rings. The van der Waals surface area contributed by atoms with E-state index in [1.807, 2.05) is 12.1 Å². The number of carbonyl (C=O) groups is 2. The van der Waals surface area contributed by atoms with Gasteiger partial charge in [0, 0.05) is 21.6 Å². The predicted octanol–water partition coefficient (Wildman–Crippen LogP) is 3.71. The first-order chi connectivity index (χ1) is 9.06. The van der Waals surface area contributed by atoms with E-state index in [9.17, 15) is 9.59 Å². The van der Waals surface area contributed by atoms with Gasteiger partial charge in [-0.3, -0.25) is 9.59 Å². The van der Waals surface area contributed by atoms with Crippen LogP contribution < -0.4 is 4.74 Å². The number of thiophene rings is 1. The van der Waals surface area contributed by atoms with E-state index >= 15 is 0 Å².